The Balaban J connectivity index is 1.98. The number of amides is 1. The first-order valence-electron chi connectivity index (χ1n) is 7.45. The summed E-state index contributed by atoms with van der Waals surface area (Å²) in [7, 11) is 0. The Labute approximate surface area is 139 Å². The van der Waals surface area contributed by atoms with Gasteiger partial charge in [-0.2, -0.15) is 0 Å². The second-order valence-corrected chi connectivity index (χ2v) is 5.85. The molecule has 2 rings (SSSR count). The Morgan fingerprint density at radius 1 is 1.43 bits per heavy atom. The summed E-state index contributed by atoms with van der Waals surface area (Å²) in [6.07, 6.45) is 8.28. The number of thiophene rings is 1. The van der Waals surface area contributed by atoms with Crippen molar-refractivity contribution >= 4 is 28.1 Å². The van der Waals surface area contributed by atoms with Crippen LogP contribution in [0.15, 0.2) is 39.9 Å². The molecule has 2 aromatic heterocycles. The van der Waals surface area contributed by atoms with Gasteiger partial charge in [-0.05, 0) is 29.2 Å². The van der Waals surface area contributed by atoms with Gasteiger partial charge >= 0.3 is 0 Å². The van der Waals surface area contributed by atoms with Crippen LogP contribution in [0.2, 0.25) is 0 Å². The molecule has 0 radical (unpaired) electrons. The number of nitrogens with zero attached hydrogens (tertiary/aromatic N) is 2. The molecule has 0 saturated heterocycles. The third-order valence-electron chi connectivity index (χ3n) is 3.19. The van der Waals surface area contributed by atoms with Crippen LogP contribution >= 0.6 is 11.3 Å². The first-order valence-corrected chi connectivity index (χ1v) is 8.33. The molecule has 6 nitrogen and oxygen atoms in total. The number of carbonyl (C=O) groups is 1. The molecule has 2 aromatic rings. The maximum Gasteiger partial charge on any atom is 0.229 e. The number of nitrogens with two attached hydrogens (primary N) is 1. The number of hydrogen-bond acceptors (Lipinski definition) is 6. The Hall–Kier alpha value is -2.41. The summed E-state index contributed by atoms with van der Waals surface area (Å²) in [6, 6.07) is 1.81. The van der Waals surface area contributed by atoms with Crippen molar-refractivity contribution in [2.24, 2.45) is 0 Å². The molecule has 3 N–H and O–H groups in total. The number of nitrogens with one attached hydrogen (secondary N) is 1. The number of aromatic nitrogens is 2. The molecule has 0 fully saturated rings. The molecule has 1 amide bonds. The lowest BCUT2D eigenvalue weighted by atomic mass is 10.1. The maximum absolute atomic E-state index is 12.1. The van der Waals surface area contributed by atoms with E-state index in [4.69, 9.17) is 5.73 Å². The highest BCUT2D eigenvalue weighted by molar-refractivity contribution is 7.14. The molecule has 0 saturated carbocycles. The lowest BCUT2D eigenvalue weighted by Crippen LogP contribution is -2.11. The van der Waals surface area contributed by atoms with Gasteiger partial charge in [0.05, 0.1) is 5.00 Å². The molecular formula is C16H20N4O2S. The lowest BCUT2D eigenvalue weighted by Gasteiger charge is -2.04. The molecule has 122 valence electrons. The van der Waals surface area contributed by atoms with E-state index in [1.54, 1.807) is 0 Å². The molecule has 0 unspecified atom stereocenters. The molecule has 0 atom stereocenters. The summed E-state index contributed by atoms with van der Waals surface area (Å²) in [5.74, 6) is 0.197. The van der Waals surface area contributed by atoms with Gasteiger partial charge in [0.25, 0.3) is 0 Å². The van der Waals surface area contributed by atoms with Crippen LogP contribution in [-0.4, -0.2) is 16.2 Å². The molecule has 2 heterocycles. The second-order valence-electron chi connectivity index (χ2n) is 4.94. The standard InChI is InChI=1S/C16H20N4O2S/c1-3-5-6-7-11(4-2)8-13(21)18-14-9-12(10-23-14)15-16(17)20-22-19-15/h5-7,9-10H,3-4,8H2,1-2H3,(H2,17,20)(H,18,21)/b6-5-,11-7+. The average Bonchev–Trinajstić information content (AvgIpc) is 3.15. The van der Waals surface area contributed by atoms with Gasteiger partial charge in [-0.25, -0.2) is 4.63 Å². The largest absolute Gasteiger partial charge is 0.379 e. The van der Waals surface area contributed by atoms with Crippen LogP contribution in [0.5, 0.6) is 0 Å². The smallest absolute Gasteiger partial charge is 0.229 e. The molecule has 0 aliphatic rings. The van der Waals surface area contributed by atoms with E-state index in [1.807, 2.05) is 30.5 Å². The van der Waals surface area contributed by atoms with Gasteiger partial charge in [0, 0.05) is 17.4 Å². The molecule has 7 heteroatoms. The van der Waals surface area contributed by atoms with Gasteiger partial charge in [0.2, 0.25) is 5.91 Å². The number of rotatable bonds is 7. The topological polar surface area (TPSA) is 94.0 Å². The maximum atomic E-state index is 12.1. The minimum Gasteiger partial charge on any atom is -0.379 e. The van der Waals surface area contributed by atoms with Gasteiger partial charge in [0.15, 0.2) is 11.5 Å². The fourth-order valence-corrected chi connectivity index (χ4v) is 2.75. The Kier molecular flexibility index (Phi) is 6.10. The summed E-state index contributed by atoms with van der Waals surface area (Å²) >= 11 is 1.41. The van der Waals surface area contributed by atoms with Crippen molar-refractivity contribution in [3.05, 3.63) is 35.2 Å². The Morgan fingerprint density at radius 2 is 2.26 bits per heavy atom. The Morgan fingerprint density at radius 3 is 2.91 bits per heavy atom. The Bertz CT molecular complexity index is 715. The van der Waals surface area contributed by atoms with E-state index in [1.165, 1.54) is 11.3 Å². The molecule has 0 aliphatic heterocycles. The van der Waals surface area contributed by atoms with Gasteiger partial charge < -0.3 is 11.1 Å². The fraction of sp³-hybridized carbons (Fsp3) is 0.312. The fourth-order valence-electron chi connectivity index (χ4n) is 1.95. The van der Waals surface area contributed by atoms with Crippen LogP contribution < -0.4 is 11.1 Å². The number of allylic oxidation sites excluding steroid dienone is 3. The first-order chi connectivity index (χ1) is 11.1. The minimum atomic E-state index is -0.0392. The van der Waals surface area contributed by atoms with E-state index < -0.39 is 0 Å². The van der Waals surface area contributed by atoms with Crippen molar-refractivity contribution in [2.45, 2.75) is 33.1 Å². The van der Waals surface area contributed by atoms with Crippen molar-refractivity contribution < 1.29 is 9.42 Å². The van der Waals surface area contributed by atoms with E-state index >= 15 is 0 Å². The summed E-state index contributed by atoms with van der Waals surface area (Å²) in [5, 5.41) is 12.8. The molecule has 23 heavy (non-hydrogen) atoms. The summed E-state index contributed by atoms with van der Waals surface area (Å²) < 4.78 is 4.58. The van der Waals surface area contributed by atoms with Crippen molar-refractivity contribution in [1.29, 1.82) is 0 Å². The highest BCUT2D eigenvalue weighted by Crippen LogP contribution is 2.30. The zero-order valence-electron chi connectivity index (χ0n) is 13.2. The van der Waals surface area contributed by atoms with E-state index in [2.05, 4.69) is 33.3 Å². The van der Waals surface area contributed by atoms with Gasteiger partial charge in [-0.15, -0.1) is 11.3 Å². The zero-order valence-corrected chi connectivity index (χ0v) is 14.0. The van der Waals surface area contributed by atoms with Crippen molar-refractivity contribution in [2.75, 3.05) is 11.1 Å². The normalized spacial score (nSPS) is 12.0. The molecular weight excluding hydrogens is 312 g/mol. The number of nitrogen functional groups attached to an aromatic ring is 1. The van der Waals surface area contributed by atoms with Gasteiger partial charge in [0.1, 0.15) is 0 Å². The highest BCUT2D eigenvalue weighted by Gasteiger charge is 2.13. The zero-order chi connectivity index (χ0) is 16.7. The number of carbonyl (C=O) groups excluding carboxylic acids is 1. The van der Waals surface area contributed by atoms with Crippen LogP contribution in [0, 0.1) is 0 Å². The predicted octanol–water partition coefficient (Wildman–Crippen LogP) is 4.01. The average molecular weight is 332 g/mol. The van der Waals surface area contributed by atoms with Crippen LogP contribution in [0.3, 0.4) is 0 Å². The highest BCUT2D eigenvalue weighted by atomic mass is 32.1. The van der Waals surface area contributed by atoms with Crippen LogP contribution in [-0.2, 0) is 4.79 Å². The van der Waals surface area contributed by atoms with Gasteiger partial charge in [-0.3, -0.25) is 4.79 Å². The minimum absolute atomic E-state index is 0.0392. The van der Waals surface area contributed by atoms with Crippen LogP contribution in [0.25, 0.3) is 11.3 Å². The molecule has 0 spiro atoms. The number of hydrogen-bond donors (Lipinski definition) is 2. The van der Waals surface area contributed by atoms with Crippen LogP contribution in [0.1, 0.15) is 33.1 Å². The van der Waals surface area contributed by atoms with Crippen molar-refractivity contribution in [1.82, 2.24) is 10.3 Å². The summed E-state index contributed by atoms with van der Waals surface area (Å²) in [4.78, 5) is 12.1. The van der Waals surface area contributed by atoms with E-state index in [-0.39, 0.29) is 11.7 Å². The lowest BCUT2D eigenvalue weighted by molar-refractivity contribution is -0.115. The summed E-state index contributed by atoms with van der Waals surface area (Å²) in [6.45, 7) is 4.12. The number of anilines is 2. The molecule has 0 aromatic carbocycles. The van der Waals surface area contributed by atoms with Crippen LogP contribution in [0.4, 0.5) is 10.8 Å². The van der Waals surface area contributed by atoms with Gasteiger partial charge in [-0.1, -0.05) is 37.6 Å². The van der Waals surface area contributed by atoms with Crippen molar-refractivity contribution in [3.63, 3.8) is 0 Å². The second kappa shape index (κ2) is 8.28. The molecule has 0 bridgehead atoms. The summed E-state index contributed by atoms with van der Waals surface area (Å²) in [5.41, 5.74) is 8.02. The van der Waals surface area contributed by atoms with E-state index in [0.29, 0.717) is 12.1 Å². The molecule has 0 aliphatic carbocycles. The van der Waals surface area contributed by atoms with E-state index in [9.17, 15) is 4.79 Å². The first kappa shape index (κ1) is 17.0. The van der Waals surface area contributed by atoms with E-state index in [0.717, 1.165) is 29.0 Å². The van der Waals surface area contributed by atoms with Crippen molar-refractivity contribution in [3.8, 4) is 11.3 Å². The predicted molar refractivity (Wildman–Crippen MR) is 93.1 cm³/mol. The monoisotopic (exact) mass is 332 g/mol. The SMILES string of the molecule is CC/C=C\C=C(/CC)CC(=O)Nc1cc(-c2nonc2N)cs1. The third kappa shape index (κ3) is 4.79. The quantitative estimate of drug-likeness (QED) is 0.747. The third-order valence-corrected chi connectivity index (χ3v) is 4.04.